The van der Waals surface area contributed by atoms with Crippen molar-refractivity contribution in [1.82, 2.24) is 9.97 Å². The maximum atomic E-state index is 5.86. The van der Waals surface area contributed by atoms with Gasteiger partial charge in [-0.3, -0.25) is 0 Å². The van der Waals surface area contributed by atoms with Crippen molar-refractivity contribution in [3.63, 3.8) is 0 Å². The lowest BCUT2D eigenvalue weighted by Crippen LogP contribution is -1.79. The molecule has 0 amide bonds. The second-order valence-electron chi connectivity index (χ2n) is 5.60. The van der Waals surface area contributed by atoms with Crippen LogP contribution in [0.25, 0.3) is 44.8 Å². The van der Waals surface area contributed by atoms with E-state index in [-0.39, 0.29) is 0 Å². The van der Waals surface area contributed by atoms with E-state index in [1.165, 1.54) is 6.39 Å². The van der Waals surface area contributed by atoms with Crippen molar-refractivity contribution in [3.8, 4) is 22.6 Å². The summed E-state index contributed by atoms with van der Waals surface area (Å²) in [5.41, 5.74) is 6.36. The molecular weight excluding hydrogens is 300 g/mol. The summed E-state index contributed by atoms with van der Waals surface area (Å²) in [6.45, 7) is 0. The normalized spacial score (nSPS) is 11.3. The number of aromatic nitrogens is 2. The predicted octanol–water partition coefficient (Wildman–Crippen LogP) is 5.30. The first-order chi connectivity index (χ1) is 11.9. The fourth-order valence-electron chi connectivity index (χ4n) is 2.85. The highest BCUT2D eigenvalue weighted by Crippen LogP contribution is 2.29. The summed E-state index contributed by atoms with van der Waals surface area (Å²) in [5.74, 6) is 0.634. The third-order valence-corrected chi connectivity index (χ3v) is 4.07. The molecule has 0 aliphatic carbocycles. The predicted molar refractivity (Wildman–Crippen MR) is 92.4 cm³/mol. The van der Waals surface area contributed by atoms with Crippen LogP contribution in [0.2, 0.25) is 0 Å². The molecule has 2 heterocycles. The third-order valence-electron chi connectivity index (χ3n) is 4.07. The van der Waals surface area contributed by atoms with E-state index in [9.17, 15) is 0 Å². The van der Waals surface area contributed by atoms with Crippen molar-refractivity contribution in [2.24, 2.45) is 0 Å². The van der Waals surface area contributed by atoms with Crippen molar-refractivity contribution in [1.29, 1.82) is 0 Å². The molecule has 0 fully saturated rings. The van der Waals surface area contributed by atoms with Crippen LogP contribution in [0.3, 0.4) is 0 Å². The first-order valence-corrected chi connectivity index (χ1v) is 7.66. The van der Waals surface area contributed by atoms with Gasteiger partial charge in [-0.2, -0.15) is 0 Å². The highest BCUT2D eigenvalue weighted by Gasteiger charge is 2.10. The highest BCUT2D eigenvalue weighted by atomic mass is 16.3. The lowest BCUT2D eigenvalue weighted by atomic mass is 10.0. The van der Waals surface area contributed by atoms with Crippen LogP contribution in [-0.2, 0) is 0 Å². The standard InChI is InChI=1S/C20H12N2O2/c1-2-4-13(5-3-1)20-22-17-11-15(7-9-19(17)24-20)14-6-8-18-16(10-14)21-12-23-18/h1-12H. The van der Waals surface area contributed by atoms with E-state index in [2.05, 4.69) is 9.97 Å². The van der Waals surface area contributed by atoms with E-state index in [0.29, 0.717) is 5.89 Å². The van der Waals surface area contributed by atoms with Gasteiger partial charge in [0.25, 0.3) is 0 Å². The van der Waals surface area contributed by atoms with E-state index in [1.807, 2.05) is 66.7 Å². The average Bonchev–Trinajstić information content (AvgIpc) is 3.27. The Kier molecular flexibility index (Phi) is 2.76. The maximum Gasteiger partial charge on any atom is 0.227 e. The Balaban J connectivity index is 1.62. The Hall–Kier alpha value is -3.40. The van der Waals surface area contributed by atoms with Crippen LogP contribution >= 0.6 is 0 Å². The number of oxazole rings is 2. The number of rotatable bonds is 2. The van der Waals surface area contributed by atoms with Crippen LogP contribution < -0.4 is 0 Å². The Morgan fingerprint density at radius 2 is 1.42 bits per heavy atom. The third kappa shape index (κ3) is 2.08. The zero-order chi connectivity index (χ0) is 15.9. The number of hydrogen-bond acceptors (Lipinski definition) is 4. The topological polar surface area (TPSA) is 52.1 Å². The molecule has 0 saturated carbocycles. The minimum absolute atomic E-state index is 0.634. The maximum absolute atomic E-state index is 5.86. The lowest BCUT2D eigenvalue weighted by Gasteiger charge is -2.00. The van der Waals surface area contributed by atoms with E-state index in [4.69, 9.17) is 8.83 Å². The van der Waals surface area contributed by atoms with Gasteiger partial charge in [-0.1, -0.05) is 30.3 Å². The fourth-order valence-corrected chi connectivity index (χ4v) is 2.85. The van der Waals surface area contributed by atoms with Crippen LogP contribution in [0.15, 0.2) is 82.0 Å². The summed E-state index contributed by atoms with van der Waals surface area (Å²) in [5, 5.41) is 0. The summed E-state index contributed by atoms with van der Waals surface area (Å²) in [4.78, 5) is 8.83. The second kappa shape index (κ2) is 5.06. The van der Waals surface area contributed by atoms with Crippen LogP contribution in [0, 0.1) is 0 Å². The Bertz CT molecular complexity index is 1160. The minimum atomic E-state index is 0.634. The van der Waals surface area contributed by atoms with Crippen molar-refractivity contribution < 1.29 is 8.83 Å². The van der Waals surface area contributed by atoms with Gasteiger partial charge in [0.05, 0.1) is 0 Å². The molecule has 0 radical (unpaired) electrons. The molecular formula is C20H12N2O2. The van der Waals surface area contributed by atoms with Gasteiger partial charge in [0.15, 0.2) is 17.6 Å². The van der Waals surface area contributed by atoms with Crippen LogP contribution in [0.1, 0.15) is 0 Å². The molecule has 5 aromatic rings. The lowest BCUT2D eigenvalue weighted by molar-refractivity contribution is 0.602. The van der Waals surface area contributed by atoms with Crippen molar-refractivity contribution in [2.75, 3.05) is 0 Å². The van der Waals surface area contributed by atoms with E-state index < -0.39 is 0 Å². The second-order valence-corrected chi connectivity index (χ2v) is 5.60. The van der Waals surface area contributed by atoms with Gasteiger partial charge in [-0.15, -0.1) is 0 Å². The molecule has 4 nitrogen and oxygen atoms in total. The van der Waals surface area contributed by atoms with Gasteiger partial charge >= 0.3 is 0 Å². The molecule has 0 unspecified atom stereocenters. The smallest absolute Gasteiger partial charge is 0.227 e. The molecule has 0 bridgehead atoms. The SMILES string of the molecule is c1ccc(-c2nc3cc(-c4ccc5ocnc5c4)ccc3o2)cc1. The monoisotopic (exact) mass is 312 g/mol. The zero-order valence-electron chi connectivity index (χ0n) is 12.6. The molecule has 0 atom stereocenters. The van der Waals surface area contributed by atoms with Crippen LogP contribution in [-0.4, -0.2) is 9.97 Å². The molecule has 2 aromatic heterocycles. The molecule has 0 aliphatic rings. The van der Waals surface area contributed by atoms with Gasteiger partial charge in [-0.25, -0.2) is 9.97 Å². The van der Waals surface area contributed by atoms with Crippen molar-refractivity contribution in [2.45, 2.75) is 0 Å². The fraction of sp³-hybridized carbons (Fsp3) is 0. The zero-order valence-corrected chi connectivity index (χ0v) is 12.6. The van der Waals surface area contributed by atoms with Crippen LogP contribution in [0.5, 0.6) is 0 Å². The van der Waals surface area contributed by atoms with E-state index in [0.717, 1.165) is 38.9 Å². The summed E-state index contributed by atoms with van der Waals surface area (Å²) in [6, 6.07) is 21.9. The van der Waals surface area contributed by atoms with Gasteiger partial charge in [-0.05, 0) is 47.5 Å². The summed E-state index contributed by atoms with van der Waals surface area (Å²) >= 11 is 0. The van der Waals surface area contributed by atoms with Crippen LogP contribution in [0.4, 0.5) is 0 Å². The number of nitrogens with zero attached hydrogens (tertiary/aromatic N) is 2. The largest absolute Gasteiger partial charge is 0.443 e. The molecule has 0 aliphatic heterocycles. The molecule has 4 heteroatoms. The van der Waals surface area contributed by atoms with Crippen molar-refractivity contribution >= 4 is 22.2 Å². The molecule has 114 valence electrons. The molecule has 0 spiro atoms. The molecule has 24 heavy (non-hydrogen) atoms. The first kappa shape index (κ1) is 13.1. The number of benzene rings is 3. The quantitative estimate of drug-likeness (QED) is 0.443. The Morgan fingerprint density at radius 1 is 0.667 bits per heavy atom. The van der Waals surface area contributed by atoms with Crippen molar-refractivity contribution in [3.05, 3.63) is 73.1 Å². The first-order valence-electron chi connectivity index (χ1n) is 7.66. The van der Waals surface area contributed by atoms with Gasteiger partial charge in [0.1, 0.15) is 11.0 Å². The van der Waals surface area contributed by atoms with Gasteiger partial charge < -0.3 is 8.83 Å². The molecule has 3 aromatic carbocycles. The summed E-state index contributed by atoms with van der Waals surface area (Å²) in [7, 11) is 0. The van der Waals surface area contributed by atoms with Gasteiger partial charge in [0.2, 0.25) is 5.89 Å². The number of hydrogen-bond donors (Lipinski definition) is 0. The Morgan fingerprint density at radius 3 is 2.25 bits per heavy atom. The van der Waals surface area contributed by atoms with E-state index >= 15 is 0 Å². The average molecular weight is 312 g/mol. The summed E-state index contributed by atoms with van der Waals surface area (Å²) in [6.07, 6.45) is 1.46. The highest BCUT2D eigenvalue weighted by molar-refractivity contribution is 5.85. The molecule has 5 rings (SSSR count). The number of fused-ring (bicyclic) bond motifs is 2. The summed E-state index contributed by atoms with van der Waals surface area (Å²) < 4.78 is 11.2. The molecule has 0 N–H and O–H groups in total. The van der Waals surface area contributed by atoms with E-state index in [1.54, 1.807) is 0 Å². The minimum Gasteiger partial charge on any atom is -0.443 e. The van der Waals surface area contributed by atoms with Gasteiger partial charge in [0, 0.05) is 5.56 Å². The molecule has 0 saturated heterocycles. The Labute approximate surface area is 137 Å².